The summed E-state index contributed by atoms with van der Waals surface area (Å²) in [6.45, 7) is 0. The number of pyridine rings is 1. The van der Waals surface area contributed by atoms with Crippen LogP contribution in [0, 0.1) is 11.6 Å². The van der Waals surface area contributed by atoms with Crippen LogP contribution in [0.3, 0.4) is 0 Å². The molecule has 0 amide bonds. The Bertz CT molecular complexity index is 1060. The van der Waals surface area contributed by atoms with Gasteiger partial charge in [-0.3, -0.25) is 0 Å². The minimum absolute atomic E-state index is 0.0262. The number of aromatic nitrogens is 1. The van der Waals surface area contributed by atoms with Crippen molar-refractivity contribution < 1.29 is 34.6 Å². The van der Waals surface area contributed by atoms with E-state index in [2.05, 4.69) is 14.5 Å². The zero-order valence-corrected chi connectivity index (χ0v) is 15.6. The Labute approximate surface area is 163 Å². The first-order chi connectivity index (χ1) is 13.6. The van der Waals surface area contributed by atoms with E-state index < -0.39 is 33.1 Å². The van der Waals surface area contributed by atoms with Gasteiger partial charge in [0.15, 0.2) is 11.6 Å². The molecule has 0 aliphatic heterocycles. The molecule has 0 spiro atoms. The molecule has 0 atom stereocenters. The molecule has 0 unspecified atom stereocenters. The van der Waals surface area contributed by atoms with Gasteiger partial charge < -0.3 is 9.50 Å². The van der Waals surface area contributed by atoms with Gasteiger partial charge in [0.25, 0.3) is 0 Å². The second-order valence-electron chi connectivity index (χ2n) is 7.09. The zero-order valence-electron chi connectivity index (χ0n) is 14.8. The maximum absolute atomic E-state index is 13.5. The van der Waals surface area contributed by atoms with Gasteiger partial charge in [-0.05, 0) is 55.2 Å². The number of rotatable bonds is 4. The SMILES string of the molecule is O=S(=O)(Oc1ncc(Nc2ccc(F)c(F)c2)c2c1C1CCC2CC1)C(F)(F)F. The second kappa shape index (κ2) is 6.82. The average Bonchev–Trinajstić information content (AvgIpc) is 2.66. The molecule has 5 nitrogen and oxygen atoms in total. The molecule has 1 N–H and O–H groups in total. The Balaban J connectivity index is 1.78. The molecular weight excluding hydrogens is 419 g/mol. The highest BCUT2D eigenvalue weighted by Crippen LogP contribution is 2.54. The molecule has 0 saturated heterocycles. The summed E-state index contributed by atoms with van der Waals surface area (Å²) in [6.07, 6.45) is 4.06. The average molecular weight is 434 g/mol. The number of nitrogens with zero attached hydrogens (tertiary/aromatic N) is 1. The molecular formula is C18H15F5N2O3S. The highest BCUT2D eigenvalue weighted by molar-refractivity contribution is 7.87. The molecule has 11 heteroatoms. The van der Waals surface area contributed by atoms with E-state index in [0.717, 1.165) is 31.2 Å². The summed E-state index contributed by atoms with van der Waals surface area (Å²) in [5, 5.41) is 2.91. The Kier molecular flexibility index (Phi) is 4.67. The maximum Gasteiger partial charge on any atom is 0.534 e. The van der Waals surface area contributed by atoms with E-state index >= 15 is 0 Å². The van der Waals surface area contributed by atoms with Crippen molar-refractivity contribution in [2.45, 2.75) is 43.0 Å². The van der Waals surface area contributed by atoms with Crippen molar-refractivity contribution in [1.82, 2.24) is 4.98 Å². The molecule has 29 heavy (non-hydrogen) atoms. The van der Waals surface area contributed by atoms with Gasteiger partial charge in [0.1, 0.15) is 0 Å². The number of anilines is 2. The van der Waals surface area contributed by atoms with Crippen molar-refractivity contribution in [3.8, 4) is 5.88 Å². The maximum atomic E-state index is 13.5. The number of nitrogens with one attached hydrogen (secondary N) is 1. The fourth-order valence-corrected chi connectivity index (χ4v) is 4.51. The van der Waals surface area contributed by atoms with Crippen LogP contribution in [0.5, 0.6) is 5.88 Å². The van der Waals surface area contributed by atoms with Crippen LogP contribution in [0.25, 0.3) is 0 Å². The molecule has 3 aliphatic carbocycles. The molecule has 1 fully saturated rings. The Morgan fingerprint density at radius 2 is 1.62 bits per heavy atom. The molecule has 1 saturated carbocycles. The lowest BCUT2D eigenvalue weighted by Crippen LogP contribution is -2.30. The van der Waals surface area contributed by atoms with Gasteiger partial charge in [-0.1, -0.05) is 0 Å². The second-order valence-corrected chi connectivity index (χ2v) is 8.63. The van der Waals surface area contributed by atoms with Gasteiger partial charge in [-0.15, -0.1) is 0 Å². The normalized spacial score (nSPS) is 21.0. The van der Waals surface area contributed by atoms with Crippen molar-refractivity contribution in [2.24, 2.45) is 0 Å². The van der Waals surface area contributed by atoms with E-state index in [-0.39, 0.29) is 17.5 Å². The van der Waals surface area contributed by atoms with E-state index in [1.807, 2.05) is 0 Å². The number of halogens is 5. The van der Waals surface area contributed by atoms with Crippen LogP contribution in [-0.2, 0) is 10.1 Å². The van der Waals surface area contributed by atoms with E-state index in [9.17, 15) is 30.4 Å². The lowest BCUT2D eigenvalue weighted by atomic mass is 9.67. The van der Waals surface area contributed by atoms with E-state index in [4.69, 9.17) is 0 Å². The third kappa shape index (κ3) is 3.52. The smallest absolute Gasteiger partial charge is 0.355 e. The first-order valence-electron chi connectivity index (χ1n) is 8.82. The summed E-state index contributed by atoms with van der Waals surface area (Å²) in [5.74, 6) is -2.87. The number of hydrogen-bond donors (Lipinski definition) is 1. The van der Waals surface area contributed by atoms with Crippen LogP contribution in [0.15, 0.2) is 24.4 Å². The summed E-state index contributed by atoms with van der Waals surface area (Å²) in [4.78, 5) is 3.81. The fourth-order valence-electron chi connectivity index (χ4n) is 4.07. The van der Waals surface area contributed by atoms with Crippen molar-refractivity contribution in [2.75, 3.05) is 5.32 Å². The highest BCUT2D eigenvalue weighted by atomic mass is 32.2. The summed E-state index contributed by atoms with van der Waals surface area (Å²) in [7, 11) is -5.86. The van der Waals surface area contributed by atoms with E-state index in [1.54, 1.807) is 0 Å². The van der Waals surface area contributed by atoms with E-state index in [0.29, 0.717) is 29.7 Å². The number of hydrogen-bond acceptors (Lipinski definition) is 5. The summed E-state index contributed by atoms with van der Waals surface area (Å²) in [6, 6.07) is 3.20. The van der Waals surface area contributed by atoms with Crippen LogP contribution in [-0.4, -0.2) is 18.9 Å². The summed E-state index contributed by atoms with van der Waals surface area (Å²) < 4.78 is 92.3. The quantitative estimate of drug-likeness (QED) is 0.413. The predicted molar refractivity (Wildman–Crippen MR) is 93.4 cm³/mol. The summed E-state index contributed by atoms with van der Waals surface area (Å²) in [5.41, 5.74) is -4.01. The van der Waals surface area contributed by atoms with Crippen molar-refractivity contribution >= 4 is 21.5 Å². The third-order valence-electron chi connectivity index (χ3n) is 5.34. The first-order valence-corrected chi connectivity index (χ1v) is 10.2. The Morgan fingerprint density at radius 3 is 2.21 bits per heavy atom. The monoisotopic (exact) mass is 434 g/mol. The van der Waals surface area contributed by atoms with Crippen LogP contribution in [0.4, 0.5) is 33.3 Å². The van der Waals surface area contributed by atoms with Crippen molar-refractivity contribution in [3.63, 3.8) is 0 Å². The zero-order chi connectivity index (χ0) is 21.0. The summed E-state index contributed by atoms with van der Waals surface area (Å²) >= 11 is 0. The van der Waals surface area contributed by atoms with Gasteiger partial charge in [-0.2, -0.15) is 21.6 Å². The molecule has 2 bridgehead atoms. The molecule has 1 aromatic carbocycles. The Morgan fingerprint density at radius 1 is 1.00 bits per heavy atom. The lowest BCUT2D eigenvalue weighted by molar-refractivity contribution is -0.0501. The minimum atomic E-state index is -5.86. The predicted octanol–water partition coefficient (Wildman–Crippen LogP) is 5.09. The minimum Gasteiger partial charge on any atom is -0.355 e. The van der Waals surface area contributed by atoms with Gasteiger partial charge in [-0.25, -0.2) is 13.8 Å². The van der Waals surface area contributed by atoms with Crippen LogP contribution in [0.1, 0.15) is 48.6 Å². The standard InChI is InChI=1S/C18H15F5N2O3S/c19-12-6-5-11(7-13(12)20)25-14-8-24-17(28-29(26,27)18(21,22)23)16-10-3-1-9(2-4-10)15(14)16/h5-10,25H,1-4H2. The van der Waals surface area contributed by atoms with Crippen LogP contribution < -0.4 is 9.50 Å². The van der Waals surface area contributed by atoms with Gasteiger partial charge in [0.2, 0.25) is 5.88 Å². The topological polar surface area (TPSA) is 68.3 Å². The van der Waals surface area contributed by atoms with E-state index in [1.165, 1.54) is 6.07 Å². The Hall–Kier alpha value is -2.43. The largest absolute Gasteiger partial charge is 0.534 e. The third-order valence-corrected chi connectivity index (χ3v) is 6.28. The molecule has 1 aromatic heterocycles. The molecule has 1 heterocycles. The lowest BCUT2D eigenvalue weighted by Gasteiger charge is -2.39. The van der Waals surface area contributed by atoms with Gasteiger partial charge in [0, 0.05) is 17.3 Å². The molecule has 3 aliphatic rings. The van der Waals surface area contributed by atoms with Crippen LogP contribution >= 0.6 is 0 Å². The molecule has 5 rings (SSSR count). The number of fused-ring (bicyclic) bond motifs is 2. The molecule has 2 aromatic rings. The number of benzene rings is 1. The van der Waals surface area contributed by atoms with Gasteiger partial charge in [0.05, 0.1) is 11.9 Å². The van der Waals surface area contributed by atoms with Crippen molar-refractivity contribution in [1.29, 1.82) is 0 Å². The number of alkyl halides is 3. The fraction of sp³-hybridized carbons (Fsp3) is 0.389. The van der Waals surface area contributed by atoms with Crippen molar-refractivity contribution in [3.05, 3.63) is 47.2 Å². The highest BCUT2D eigenvalue weighted by Gasteiger charge is 2.50. The van der Waals surface area contributed by atoms with Crippen LogP contribution in [0.2, 0.25) is 0 Å². The molecule has 156 valence electrons. The molecule has 0 radical (unpaired) electrons. The first kappa shape index (κ1) is 19.9. The van der Waals surface area contributed by atoms with Gasteiger partial charge >= 0.3 is 15.6 Å².